The molecule has 1 aliphatic rings. The Morgan fingerprint density at radius 1 is 0.164 bits per heavy atom. The highest BCUT2D eigenvalue weighted by molar-refractivity contribution is 7.28. The molecule has 0 N–H and O–H groups in total. The normalized spacial score (nSPS) is 12.8. The van der Waals surface area contributed by atoms with Crippen molar-refractivity contribution in [2.75, 3.05) is 0 Å². The van der Waals surface area contributed by atoms with E-state index in [4.69, 9.17) is 0 Å². The summed E-state index contributed by atoms with van der Waals surface area (Å²) < 4.78 is 28.7. The van der Waals surface area contributed by atoms with E-state index in [0.717, 1.165) is 0 Å². The Kier molecular flexibility index (Phi) is 16.9. The fraction of sp³-hybridized carbons (Fsp3) is 0.0244. The van der Waals surface area contributed by atoms with Crippen molar-refractivity contribution in [1.29, 1.82) is 0 Å². The fourth-order valence-electron chi connectivity index (χ4n) is 22.5. The van der Waals surface area contributed by atoms with Crippen LogP contribution in [0.25, 0.3) is 262 Å². The number of fused-ring (bicyclic) bond motifs is 39. The fourth-order valence-corrected chi connectivity index (χ4v) is 30.3. The number of hydrogen-bond acceptors (Lipinski definition) is 7. The van der Waals surface area contributed by atoms with E-state index < -0.39 is 0 Å². The van der Waals surface area contributed by atoms with Gasteiger partial charge in [0, 0.05) is 212 Å². The molecule has 134 heavy (non-hydrogen) atoms. The van der Waals surface area contributed by atoms with Gasteiger partial charge in [0.05, 0.1) is 44.1 Å². The van der Waals surface area contributed by atoms with E-state index in [1.54, 1.807) is 0 Å². The van der Waals surface area contributed by atoms with Crippen molar-refractivity contribution in [1.82, 2.24) is 18.3 Å². The number of nitrogens with zero attached hydrogens (tertiary/aromatic N) is 4. The molecule has 11 heterocycles. The largest absolute Gasteiger partial charge is 0.309 e. The summed E-state index contributed by atoms with van der Waals surface area (Å²) in [5.41, 5.74) is 20.6. The van der Waals surface area contributed by atoms with E-state index in [0.29, 0.717) is 0 Å². The molecular weight excluding hydrogens is 1760 g/mol. The Labute approximate surface area is 795 Å². The Hall–Kier alpha value is -14.9. The number of aromatic nitrogens is 4. The highest BCUT2D eigenvalue weighted by Crippen LogP contribution is 2.53. The third kappa shape index (κ3) is 11.4. The van der Waals surface area contributed by atoms with Crippen LogP contribution in [0.2, 0.25) is 0 Å². The molecule has 0 atom stereocenters. The zero-order chi connectivity index (χ0) is 87.9. The van der Waals surface area contributed by atoms with Gasteiger partial charge in [-0.25, -0.2) is 0 Å². The van der Waals surface area contributed by atoms with E-state index >= 15 is 0 Å². The number of hydrogen-bond donors (Lipinski definition) is 0. The molecule has 0 radical (unpaired) electrons. The average molecular weight is 1830 g/mol. The SMILES string of the molecule is CC1(C)c2ccccc2-c2ccc(-n3c4ccccc4c4cc5c(cc43)sc3ccccc35)cc21.c1ccc2c(c1)sc1ccc(-n3c4ccccc4c4c5c(ccc43)sc3ccccc35)cc12.c1ccc2c(c1)sc1ccc(-n3c4ccccc4c4c5sc6ccccc6c5ccc43)cc12.c1ccc2c(c1)sc1ccc(-n3c4ccccc4c4ccc5sc6ccccc6c5c43)cc12. The van der Waals surface area contributed by atoms with E-state index in [9.17, 15) is 0 Å². The van der Waals surface area contributed by atoms with E-state index in [2.05, 4.69) is 445 Å². The Balaban J connectivity index is 0.0000000871. The van der Waals surface area contributed by atoms with Crippen molar-refractivity contribution < 1.29 is 0 Å². The maximum Gasteiger partial charge on any atom is 0.0634 e. The second kappa shape index (κ2) is 29.6. The first kappa shape index (κ1) is 76.8. The van der Waals surface area contributed by atoms with Gasteiger partial charge in [-0.2, -0.15) is 0 Å². The summed E-state index contributed by atoms with van der Waals surface area (Å²) in [7, 11) is 0. The summed E-state index contributed by atoms with van der Waals surface area (Å²) in [5, 5.41) is 29.5. The molecule has 1 aliphatic carbocycles. The van der Waals surface area contributed by atoms with Crippen LogP contribution in [0.4, 0.5) is 0 Å². The highest BCUT2D eigenvalue weighted by Gasteiger charge is 2.36. The van der Waals surface area contributed by atoms with Crippen molar-refractivity contribution in [3.63, 3.8) is 0 Å². The van der Waals surface area contributed by atoms with Crippen molar-refractivity contribution in [2.24, 2.45) is 0 Å². The minimum Gasteiger partial charge on any atom is -0.309 e. The molecule has 0 bridgehead atoms. The molecule has 0 spiro atoms. The number of benzene rings is 20. The van der Waals surface area contributed by atoms with Crippen LogP contribution in [0.1, 0.15) is 25.0 Å². The molecule has 4 nitrogen and oxygen atoms in total. The molecule has 0 amide bonds. The maximum absolute atomic E-state index is 2.48. The van der Waals surface area contributed by atoms with Gasteiger partial charge in [-0.3, -0.25) is 0 Å². The molecule has 31 aromatic rings. The topological polar surface area (TPSA) is 19.7 Å². The minimum atomic E-state index is -0.0144. The Bertz CT molecular complexity index is 10400. The molecule has 11 aromatic heterocycles. The van der Waals surface area contributed by atoms with Crippen LogP contribution < -0.4 is 0 Å². The second-order valence-electron chi connectivity index (χ2n) is 35.9. The van der Waals surface area contributed by atoms with Gasteiger partial charge in [0.1, 0.15) is 0 Å². The first-order valence-corrected chi connectivity index (χ1v) is 51.3. The summed E-state index contributed by atoms with van der Waals surface area (Å²) in [5.74, 6) is 0. The van der Waals surface area contributed by atoms with Crippen molar-refractivity contribution >= 4 is 308 Å². The molecule has 0 fully saturated rings. The molecule has 0 saturated carbocycles. The molecule has 20 aromatic carbocycles. The van der Waals surface area contributed by atoms with Crippen molar-refractivity contribution in [3.05, 3.63) is 424 Å². The molecule has 0 aliphatic heterocycles. The van der Waals surface area contributed by atoms with Gasteiger partial charge in [0.25, 0.3) is 0 Å². The zero-order valence-electron chi connectivity index (χ0n) is 72.4. The molecule has 11 heteroatoms. The van der Waals surface area contributed by atoms with Crippen molar-refractivity contribution in [3.8, 4) is 33.9 Å². The first-order valence-electron chi connectivity index (χ1n) is 45.6. The summed E-state index contributed by atoms with van der Waals surface area (Å²) in [6.07, 6.45) is 0. The lowest BCUT2D eigenvalue weighted by atomic mass is 9.82. The van der Waals surface area contributed by atoms with Crippen LogP contribution in [0, 0.1) is 0 Å². The van der Waals surface area contributed by atoms with Crippen molar-refractivity contribution in [2.45, 2.75) is 19.3 Å². The van der Waals surface area contributed by atoms with Crippen LogP contribution in [0.5, 0.6) is 0 Å². The standard InChI is InChI=1S/C33H23NS.3C30H17NS2/c1-33(2)27-12-6-3-9-21(27)22-16-15-20(17-28(22)33)34-29-13-7-4-10-23(29)25-18-26-24-11-5-8-14-31(24)35-32(26)19-30(25)34;1-4-10-24-22(9-1)29-25(15-14-21-19-7-2-6-12-27(19)33-30(21)29)31(24)18-13-16-28-23(17-18)20-8-3-5-11-26(20)32-28;1-4-10-23-20(8-1)29-24(14-16-28-30(29)21-9-3-6-12-26(21)33-28)31(23)18-13-15-27-22(17-18)19-7-2-5-11-25(19)32-27;1-4-10-24-19(7-1)21-14-16-28-29(22-9-3-6-12-26(22)33-28)30(21)31(24)18-13-15-27-23(17-18)20-8-2-5-11-25(20)32-27/h3-19H,1-2H3;3*1-17H. The van der Waals surface area contributed by atoms with Gasteiger partial charge in [-0.05, 0) is 192 Å². The monoisotopic (exact) mass is 1830 g/mol. The lowest BCUT2D eigenvalue weighted by Gasteiger charge is -2.22. The number of thiophene rings is 7. The van der Waals surface area contributed by atoms with Gasteiger partial charge in [0.2, 0.25) is 0 Å². The Morgan fingerprint density at radius 3 is 1.04 bits per heavy atom. The van der Waals surface area contributed by atoms with Gasteiger partial charge in [0.15, 0.2) is 0 Å². The number of rotatable bonds is 4. The van der Waals surface area contributed by atoms with Gasteiger partial charge in [-0.15, -0.1) is 79.4 Å². The van der Waals surface area contributed by atoms with Gasteiger partial charge >= 0.3 is 0 Å². The van der Waals surface area contributed by atoms with E-state index in [1.165, 1.54) is 273 Å². The summed E-state index contributed by atoms with van der Waals surface area (Å²) in [6.45, 7) is 4.71. The van der Waals surface area contributed by atoms with E-state index in [-0.39, 0.29) is 5.41 Å². The molecule has 32 rings (SSSR count). The first-order chi connectivity index (χ1) is 66.2. The molecule has 628 valence electrons. The van der Waals surface area contributed by atoms with Crippen LogP contribution >= 0.6 is 79.4 Å². The summed E-state index contributed by atoms with van der Waals surface area (Å²) >= 11 is 13.2. The predicted octanol–water partition coefficient (Wildman–Crippen LogP) is 38.0. The second-order valence-corrected chi connectivity index (χ2v) is 43.5. The smallest absolute Gasteiger partial charge is 0.0634 e. The molecule has 0 saturated heterocycles. The van der Waals surface area contributed by atoms with Gasteiger partial charge in [-0.1, -0.05) is 257 Å². The average Bonchev–Trinajstić information content (AvgIpc) is 1.57. The summed E-state index contributed by atoms with van der Waals surface area (Å²) in [6, 6.07) is 152. The number of para-hydroxylation sites is 4. The maximum atomic E-state index is 2.48. The van der Waals surface area contributed by atoms with Crippen LogP contribution in [-0.4, -0.2) is 18.3 Å². The molecule has 0 unspecified atom stereocenters. The molecular formula is C123H74N4S7. The Morgan fingerprint density at radius 2 is 0.493 bits per heavy atom. The minimum absolute atomic E-state index is 0.0144. The third-order valence-electron chi connectivity index (χ3n) is 28.4. The lowest BCUT2D eigenvalue weighted by Crippen LogP contribution is -2.15. The van der Waals surface area contributed by atoms with Crippen LogP contribution in [-0.2, 0) is 5.41 Å². The zero-order valence-corrected chi connectivity index (χ0v) is 78.1. The quantitative estimate of drug-likeness (QED) is 0.167. The summed E-state index contributed by atoms with van der Waals surface area (Å²) in [4.78, 5) is 0. The third-order valence-corrected chi connectivity index (χ3v) is 36.4. The highest BCUT2D eigenvalue weighted by atomic mass is 32.1. The lowest BCUT2D eigenvalue weighted by molar-refractivity contribution is 0.660. The van der Waals surface area contributed by atoms with Crippen LogP contribution in [0.15, 0.2) is 413 Å². The van der Waals surface area contributed by atoms with Crippen LogP contribution in [0.3, 0.4) is 0 Å². The van der Waals surface area contributed by atoms with E-state index in [1.807, 2.05) is 79.4 Å². The predicted molar refractivity (Wildman–Crippen MR) is 591 cm³/mol. The van der Waals surface area contributed by atoms with Gasteiger partial charge < -0.3 is 18.3 Å².